The van der Waals surface area contributed by atoms with Gasteiger partial charge in [0.15, 0.2) is 0 Å². The molecule has 0 bridgehead atoms. The fraction of sp³-hybridized carbons (Fsp3) is 0.115. The Hall–Kier alpha value is -3.90. The van der Waals surface area contributed by atoms with E-state index in [9.17, 15) is 14.7 Å². The van der Waals surface area contributed by atoms with Crippen molar-refractivity contribution < 1.29 is 19.4 Å². The van der Waals surface area contributed by atoms with Crippen LogP contribution in [0.25, 0.3) is 5.76 Å². The van der Waals surface area contributed by atoms with Crippen LogP contribution in [0, 0.1) is 0 Å². The third kappa shape index (κ3) is 4.66. The molecule has 1 N–H and O–H groups in total. The number of aromatic nitrogens is 1. The van der Waals surface area contributed by atoms with Gasteiger partial charge >= 0.3 is 0 Å². The van der Waals surface area contributed by atoms with Crippen molar-refractivity contribution in [3.63, 3.8) is 0 Å². The number of hydrogen-bond donors (Lipinski definition) is 1. The highest BCUT2D eigenvalue weighted by Gasteiger charge is 2.46. The van der Waals surface area contributed by atoms with E-state index in [1.54, 1.807) is 73.1 Å². The van der Waals surface area contributed by atoms with Gasteiger partial charge in [0.2, 0.25) is 0 Å². The van der Waals surface area contributed by atoms with Crippen molar-refractivity contribution in [2.24, 2.45) is 0 Å². The van der Waals surface area contributed by atoms with Gasteiger partial charge in [-0.15, -0.1) is 0 Å². The molecule has 0 spiro atoms. The SMILES string of the molecule is C=CCOc1cccc([C@@H]2C(=C(O)c3ccc(Cl)cc3)C(=O)C(=O)N2Cc2cccnc2)c1. The second-order valence-corrected chi connectivity index (χ2v) is 7.90. The lowest BCUT2D eigenvalue weighted by Gasteiger charge is -2.25. The normalized spacial score (nSPS) is 17.2. The van der Waals surface area contributed by atoms with Gasteiger partial charge in [-0.25, -0.2) is 0 Å². The van der Waals surface area contributed by atoms with Gasteiger partial charge in [-0.05, 0) is 53.6 Å². The Bertz CT molecular complexity index is 1220. The summed E-state index contributed by atoms with van der Waals surface area (Å²) < 4.78 is 5.65. The third-order valence-corrected chi connectivity index (χ3v) is 5.53. The zero-order valence-corrected chi connectivity index (χ0v) is 18.4. The molecule has 1 amide bonds. The zero-order valence-electron chi connectivity index (χ0n) is 17.6. The van der Waals surface area contributed by atoms with E-state index in [1.165, 1.54) is 4.90 Å². The number of aliphatic hydroxyl groups is 1. The topological polar surface area (TPSA) is 79.7 Å². The Morgan fingerprint density at radius 1 is 1.15 bits per heavy atom. The molecule has 1 aromatic heterocycles. The predicted molar refractivity (Wildman–Crippen MR) is 126 cm³/mol. The third-order valence-electron chi connectivity index (χ3n) is 5.28. The van der Waals surface area contributed by atoms with Gasteiger partial charge in [0, 0.05) is 29.5 Å². The smallest absolute Gasteiger partial charge is 0.295 e. The number of carbonyl (C=O) groups is 2. The maximum atomic E-state index is 13.1. The number of pyridine rings is 1. The lowest BCUT2D eigenvalue weighted by atomic mass is 9.95. The van der Waals surface area contributed by atoms with Gasteiger partial charge < -0.3 is 14.7 Å². The largest absolute Gasteiger partial charge is 0.507 e. The number of nitrogens with zero attached hydrogens (tertiary/aromatic N) is 2. The van der Waals surface area contributed by atoms with Crippen LogP contribution in [0.5, 0.6) is 5.75 Å². The molecule has 4 rings (SSSR count). The summed E-state index contributed by atoms with van der Waals surface area (Å²) in [6, 6.07) is 16.3. The average molecular weight is 461 g/mol. The second kappa shape index (κ2) is 9.71. The van der Waals surface area contributed by atoms with Crippen LogP contribution in [0.2, 0.25) is 5.02 Å². The van der Waals surface area contributed by atoms with E-state index in [2.05, 4.69) is 11.6 Å². The molecule has 1 atom stereocenters. The molecule has 0 saturated carbocycles. The fourth-order valence-electron chi connectivity index (χ4n) is 3.77. The second-order valence-electron chi connectivity index (χ2n) is 7.47. The van der Waals surface area contributed by atoms with Crippen LogP contribution in [-0.2, 0) is 16.1 Å². The van der Waals surface area contributed by atoms with Crippen molar-refractivity contribution in [2.45, 2.75) is 12.6 Å². The number of amides is 1. The number of hydrogen-bond acceptors (Lipinski definition) is 5. The van der Waals surface area contributed by atoms with Crippen LogP contribution in [0.4, 0.5) is 0 Å². The van der Waals surface area contributed by atoms with Crippen molar-refractivity contribution in [3.05, 3.63) is 113 Å². The molecule has 166 valence electrons. The summed E-state index contributed by atoms with van der Waals surface area (Å²) in [5.74, 6) is -1.16. The van der Waals surface area contributed by atoms with E-state index in [0.717, 1.165) is 5.56 Å². The molecule has 0 radical (unpaired) electrons. The summed E-state index contributed by atoms with van der Waals surface area (Å²) in [5.41, 5.74) is 1.79. The van der Waals surface area contributed by atoms with Crippen LogP contribution in [0.1, 0.15) is 22.7 Å². The number of halogens is 1. The van der Waals surface area contributed by atoms with E-state index < -0.39 is 17.7 Å². The molecule has 1 aliphatic heterocycles. The first kappa shape index (κ1) is 22.3. The van der Waals surface area contributed by atoms with E-state index >= 15 is 0 Å². The van der Waals surface area contributed by atoms with Crippen molar-refractivity contribution in [1.29, 1.82) is 0 Å². The summed E-state index contributed by atoms with van der Waals surface area (Å²) in [5, 5.41) is 11.6. The molecule has 3 aromatic rings. The summed E-state index contributed by atoms with van der Waals surface area (Å²) in [7, 11) is 0. The van der Waals surface area contributed by atoms with Gasteiger partial charge in [-0.2, -0.15) is 0 Å². The number of likely N-dealkylation sites (tertiary alicyclic amines) is 1. The Morgan fingerprint density at radius 2 is 1.94 bits per heavy atom. The van der Waals surface area contributed by atoms with Crippen molar-refractivity contribution >= 4 is 29.1 Å². The molecular formula is C26H21ClN2O4. The number of rotatable bonds is 7. The molecule has 1 fully saturated rings. The average Bonchev–Trinajstić information content (AvgIpc) is 3.08. The molecular weight excluding hydrogens is 440 g/mol. The van der Waals surface area contributed by atoms with Gasteiger partial charge in [-0.1, -0.05) is 42.5 Å². The Morgan fingerprint density at radius 3 is 2.64 bits per heavy atom. The molecule has 1 saturated heterocycles. The lowest BCUT2D eigenvalue weighted by molar-refractivity contribution is -0.140. The van der Waals surface area contributed by atoms with Crippen LogP contribution in [-0.4, -0.2) is 33.3 Å². The van der Waals surface area contributed by atoms with E-state index in [0.29, 0.717) is 28.5 Å². The first-order valence-corrected chi connectivity index (χ1v) is 10.6. The van der Waals surface area contributed by atoms with Crippen molar-refractivity contribution in [1.82, 2.24) is 9.88 Å². The van der Waals surface area contributed by atoms with Crippen LogP contribution >= 0.6 is 11.6 Å². The number of Topliss-reactive ketones (excluding diaryl/α,β-unsaturated/α-hetero) is 1. The molecule has 1 aliphatic rings. The number of ether oxygens (including phenoxy) is 1. The molecule has 2 aromatic carbocycles. The monoisotopic (exact) mass is 460 g/mol. The molecule has 0 unspecified atom stereocenters. The molecule has 7 heteroatoms. The Balaban J connectivity index is 1.84. The molecule has 33 heavy (non-hydrogen) atoms. The van der Waals surface area contributed by atoms with Crippen LogP contribution in [0.15, 0.2) is 91.3 Å². The lowest BCUT2D eigenvalue weighted by Crippen LogP contribution is -2.29. The van der Waals surface area contributed by atoms with Crippen LogP contribution in [0.3, 0.4) is 0 Å². The maximum absolute atomic E-state index is 13.1. The summed E-state index contributed by atoms with van der Waals surface area (Å²) in [6.07, 6.45) is 4.90. The zero-order chi connectivity index (χ0) is 23.4. The summed E-state index contributed by atoms with van der Waals surface area (Å²) in [6.45, 7) is 4.11. The van der Waals surface area contributed by atoms with E-state index in [4.69, 9.17) is 16.3 Å². The number of benzene rings is 2. The first-order chi connectivity index (χ1) is 16.0. The van der Waals surface area contributed by atoms with E-state index in [-0.39, 0.29) is 17.9 Å². The van der Waals surface area contributed by atoms with Crippen molar-refractivity contribution in [3.8, 4) is 5.75 Å². The maximum Gasteiger partial charge on any atom is 0.295 e. The minimum absolute atomic E-state index is 0.00656. The summed E-state index contributed by atoms with van der Waals surface area (Å²) >= 11 is 5.97. The first-order valence-electron chi connectivity index (χ1n) is 10.3. The van der Waals surface area contributed by atoms with Gasteiger partial charge in [0.05, 0.1) is 11.6 Å². The minimum atomic E-state index is -0.812. The minimum Gasteiger partial charge on any atom is -0.507 e. The number of ketones is 1. The highest BCUT2D eigenvalue weighted by molar-refractivity contribution is 6.46. The summed E-state index contributed by atoms with van der Waals surface area (Å²) in [4.78, 5) is 31.8. The van der Waals surface area contributed by atoms with Crippen LogP contribution < -0.4 is 4.74 Å². The standard InChI is InChI=1S/C26H21ClN2O4/c1-2-13-33-21-7-3-6-19(14-21)23-22(24(30)18-8-10-20(27)11-9-18)25(31)26(32)29(23)16-17-5-4-12-28-15-17/h2-12,14-15,23,30H,1,13,16H2/t23-/m1/s1. The number of aliphatic hydroxyl groups excluding tert-OH is 1. The highest BCUT2D eigenvalue weighted by Crippen LogP contribution is 2.41. The number of carbonyl (C=O) groups excluding carboxylic acids is 2. The molecule has 6 nitrogen and oxygen atoms in total. The molecule has 0 aliphatic carbocycles. The van der Waals surface area contributed by atoms with Gasteiger partial charge in [-0.3, -0.25) is 14.6 Å². The highest BCUT2D eigenvalue weighted by atomic mass is 35.5. The van der Waals surface area contributed by atoms with Gasteiger partial charge in [0.1, 0.15) is 18.1 Å². The fourth-order valence-corrected chi connectivity index (χ4v) is 3.90. The Labute approximate surface area is 196 Å². The quantitative estimate of drug-likeness (QED) is 0.234. The Kier molecular flexibility index (Phi) is 6.56. The van der Waals surface area contributed by atoms with Crippen molar-refractivity contribution in [2.75, 3.05) is 6.61 Å². The van der Waals surface area contributed by atoms with Gasteiger partial charge in [0.25, 0.3) is 11.7 Å². The predicted octanol–water partition coefficient (Wildman–Crippen LogP) is 4.92. The molecule has 2 heterocycles. The van der Waals surface area contributed by atoms with E-state index in [1.807, 2.05) is 6.07 Å².